The van der Waals surface area contributed by atoms with Gasteiger partial charge in [-0.15, -0.1) is 0 Å². The highest BCUT2D eigenvalue weighted by Gasteiger charge is 2.37. The van der Waals surface area contributed by atoms with Crippen molar-refractivity contribution in [2.75, 3.05) is 39.3 Å². The molecule has 0 radical (unpaired) electrons. The summed E-state index contributed by atoms with van der Waals surface area (Å²) in [6.45, 7) is 12.7. The second kappa shape index (κ2) is 8.02. The van der Waals surface area contributed by atoms with Crippen LogP contribution in [0.2, 0.25) is 0 Å². The normalized spacial score (nSPS) is 24.9. The van der Waals surface area contributed by atoms with Crippen molar-refractivity contribution < 1.29 is 14.6 Å². The molecule has 2 heterocycles. The van der Waals surface area contributed by atoms with Crippen LogP contribution in [-0.2, 0) is 4.74 Å². The van der Waals surface area contributed by atoms with E-state index < -0.39 is 11.2 Å². The van der Waals surface area contributed by atoms with Crippen LogP contribution in [0.3, 0.4) is 0 Å². The second-order valence-electron chi connectivity index (χ2n) is 8.26. The maximum atomic E-state index is 12.2. The van der Waals surface area contributed by atoms with Crippen molar-refractivity contribution in [3.8, 4) is 0 Å². The summed E-state index contributed by atoms with van der Waals surface area (Å²) in [7, 11) is 0. The van der Waals surface area contributed by atoms with Crippen molar-refractivity contribution in [2.45, 2.75) is 70.6 Å². The molecule has 6 nitrogen and oxygen atoms in total. The summed E-state index contributed by atoms with van der Waals surface area (Å²) in [4.78, 5) is 16.3. The fraction of sp³-hybridized carbons (Fsp3) is 0.944. The van der Waals surface area contributed by atoms with Gasteiger partial charge in [0.2, 0.25) is 0 Å². The lowest BCUT2D eigenvalue weighted by Crippen LogP contribution is -2.56. The Kier molecular flexibility index (Phi) is 6.51. The largest absolute Gasteiger partial charge is 0.444 e. The highest BCUT2D eigenvalue weighted by molar-refractivity contribution is 5.68. The van der Waals surface area contributed by atoms with Crippen LogP contribution in [0.1, 0.15) is 53.4 Å². The van der Waals surface area contributed by atoms with Crippen molar-refractivity contribution in [1.82, 2.24) is 15.1 Å². The van der Waals surface area contributed by atoms with Gasteiger partial charge in [0.15, 0.2) is 0 Å². The van der Waals surface area contributed by atoms with Gasteiger partial charge in [-0.05, 0) is 59.5 Å². The molecule has 0 aliphatic carbocycles. The van der Waals surface area contributed by atoms with E-state index in [1.165, 1.54) is 12.8 Å². The lowest BCUT2D eigenvalue weighted by Gasteiger charge is -2.43. The number of nitrogens with zero attached hydrogens (tertiary/aromatic N) is 2. The van der Waals surface area contributed by atoms with Crippen molar-refractivity contribution in [2.24, 2.45) is 0 Å². The van der Waals surface area contributed by atoms with Crippen LogP contribution in [0.4, 0.5) is 4.79 Å². The Morgan fingerprint density at radius 3 is 2.54 bits per heavy atom. The molecule has 24 heavy (non-hydrogen) atoms. The van der Waals surface area contributed by atoms with E-state index in [0.29, 0.717) is 38.5 Å². The number of hydrogen-bond acceptors (Lipinski definition) is 5. The molecule has 2 rings (SSSR count). The van der Waals surface area contributed by atoms with E-state index >= 15 is 0 Å². The number of piperidine rings is 2. The van der Waals surface area contributed by atoms with Gasteiger partial charge in [-0.3, -0.25) is 4.90 Å². The molecule has 6 heteroatoms. The van der Waals surface area contributed by atoms with Crippen molar-refractivity contribution in [3.05, 3.63) is 0 Å². The first kappa shape index (κ1) is 19.5. The average Bonchev–Trinajstić information content (AvgIpc) is 2.52. The van der Waals surface area contributed by atoms with E-state index in [-0.39, 0.29) is 6.09 Å². The smallest absolute Gasteiger partial charge is 0.410 e. The molecule has 1 amide bonds. The Morgan fingerprint density at radius 1 is 1.38 bits per heavy atom. The van der Waals surface area contributed by atoms with Crippen LogP contribution in [0.5, 0.6) is 0 Å². The molecule has 2 aliphatic rings. The Balaban J connectivity index is 1.85. The molecule has 2 fully saturated rings. The zero-order valence-electron chi connectivity index (χ0n) is 15.8. The van der Waals surface area contributed by atoms with Gasteiger partial charge in [0, 0.05) is 32.2 Å². The van der Waals surface area contributed by atoms with Gasteiger partial charge in [0.1, 0.15) is 5.60 Å². The zero-order chi connectivity index (χ0) is 17.8. The number of likely N-dealkylation sites (N-methyl/N-ethyl adjacent to an activating group) is 1. The van der Waals surface area contributed by atoms with Crippen LogP contribution in [-0.4, -0.2) is 77.5 Å². The molecule has 2 aliphatic heterocycles. The first-order chi connectivity index (χ1) is 11.2. The van der Waals surface area contributed by atoms with Crippen LogP contribution >= 0.6 is 0 Å². The van der Waals surface area contributed by atoms with Crippen LogP contribution in [0, 0.1) is 0 Å². The van der Waals surface area contributed by atoms with Crippen LogP contribution in [0.25, 0.3) is 0 Å². The molecule has 0 bridgehead atoms. The van der Waals surface area contributed by atoms with E-state index in [2.05, 4.69) is 17.1 Å². The molecular formula is C18H35N3O3. The number of hydrogen-bond donors (Lipinski definition) is 2. The molecule has 0 saturated carbocycles. The number of rotatable bonds is 4. The topological polar surface area (TPSA) is 65.0 Å². The number of nitrogens with one attached hydrogen (secondary N) is 1. The summed E-state index contributed by atoms with van der Waals surface area (Å²) in [5.74, 6) is 0. The van der Waals surface area contributed by atoms with Crippen LogP contribution < -0.4 is 5.32 Å². The van der Waals surface area contributed by atoms with Crippen molar-refractivity contribution >= 4 is 6.09 Å². The van der Waals surface area contributed by atoms with Crippen molar-refractivity contribution in [1.29, 1.82) is 0 Å². The fourth-order valence-corrected chi connectivity index (χ4v) is 3.61. The minimum absolute atomic E-state index is 0.270. The van der Waals surface area contributed by atoms with Crippen molar-refractivity contribution in [3.63, 3.8) is 0 Å². The molecule has 1 unspecified atom stereocenters. The van der Waals surface area contributed by atoms with E-state index in [0.717, 1.165) is 19.6 Å². The molecule has 0 spiro atoms. The first-order valence-corrected chi connectivity index (χ1v) is 9.37. The lowest BCUT2D eigenvalue weighted by atomic mass is 9.90. The van der Waals surface area contributed by atoms with E-state index in [9.17, 15) is 9.90 Å². The Morgan fingerprint density at radius 2 is 2.04 bits per heavy atom. The average molecular weight is 341 g/mol. The number of ether oxygens (including phenoxy) is 1. The zero-order valence-corrected chi connectivity index (χ0v) is 15.8. The molecule has 2 N–H and O–H groups in total. The van der Waals surface area contributed by atoms with E-state index in [1.54, 1.807) is 4.90 Å². The quantitative estimate of drug-likeness (QED) is 0.817. The SMILES string of the molecule is CCN(CC1(O)CCN(C(=O)OC(C)(C)C)CC1)C1CCCNC1. The summed E-state index contributed by atoms with van der Waals surface area (Å²) in [5.41, 5.74) is -1.18. The summed E-state index contributed by atoms with van der Waals surface area (Å²) >= 11 is 0. The van der Waals surface area contributed by atoms with Gasteiger partial charge in [-0.2, -0.15) is 0 Å². The van der Waals surface area contributed by atoms with Gasteiger partial charge in [0.25, 0.3) is 0 Å². The molecule has 0 aromatic carbocycles. The molecule has 140 valence electrons. The van der Waals surface area contributed by atoms with Gasteiger partial charge in [-0.1, -0.05) is 6.92 Å². The highest BCUT2D eigenvalue weighted by Crippen LogP contribution is 2.26. The number of carbonyl (C=O) groups is 1. The first-order valence-electron chi connectivity index (χ1n) is 9.37. The summed E-state index contributed by atoms with van der Waals surface area (Å²) in [6.07, 6.45) is 3.35. The maximum absolute atomic E-state index is 12.2. The van der Waals surface area contributed by atoms with Crippen LogP contribution in [0.15, 0.2) is 0 Å². The molecule has 0 aromatic heterocycles. The fourth-order valence-electron chi connectivity index (χ4n) is 3.61. The maximum Gasteiger partial charge on any atom is 0.410 e. The Bertz CT molecular complexity index is 408. The molecule has 1 atom stereocenters. The van der Waals surface area contributed by atoms with E-state index in [4.69, 9.17) is 4.74 Å². The second-order valence-corrected chi connectivity index (χ2v) is 8.26. The molecular weight excluding hydrogens is 306 g/mol. The third-order valence-electron chi connectivity index (χ3n) is 5.04. The monoisotopic (exact) mass is 341 g/mol. The standard InChI is InChI=1S/C18H35N3O3/c1-5-20(15-7-6-10-19-13-15)14-18(23)8-11-21(12-9-18)16(22)24-17(2,3)4/h15,19,23H,5-14H2,1-4H3. The van der Waals surface area contributed by atoms with Gasteiger partial charge >= 0.3 is 6.09 Å². The molecule has 2 saturated heterocycles. The van der Waals surface area contributed by atoms with E-state index in [1.807, 2.05) is 20.8 Å². The summed E-state index contributed by atoms with van der Waals surface area (Å²) < 4.78 is 5.43. The number of aliphatic hydroxyl groups is 1. The molecule has 0 aromatic rings. The minimum atomic E-state index is -0.702. The minimum Gasteiger partial charge on any atom is -0.444 e. The van der Waals surface area contributed by atoms with Gasteiger partial charge < -0.3 is 20.1 Å². The third kappa shape index (κ3) is 5.60. The third-order valence-corrected chi connectivity index (χ3v) is 5.04. The number of carbonyl (C=O) groups excluding carboxylic acids is 1. The lowest BCUT2D eigenvalue weighted by molar-refractivity contribution is -0.0571. The van der Waals surface area contributed by atoms with Gasteiger partial charge in [0.05, 0.1) is 5.60 Å². The Hall–Kier alpha value is -0.850. The Labute approximate surface area is 146 Å². The number of likely N-dealkylation sites (tertiary alicyclic amines) is 1. The number of amides is 1. The predicted molar refractivity (Wildman–Crippen MR) is 95.1 cm³/mol. The summed E-state index contributed by atoms with van der Waals surface area (Å²) in [5, 5.41) is 14.4. The predicted octanol–water partition coefficient (Wildman–Crippen LogP) is 1.82. The highest BCUT2D eigenvalue weighted by atomic mass is 16.6. The summed E-state index contributed by atoms with van der Waals surface area (Å²) in [6, 6.07) is 0.511. The van der Waals surface area contributed by atoms with Gasteiger partial charge in [-0.25, -0.2) is 4.79 Å².